The van der Waals surface area contributed by atoms with E-state index in [2.05, 4.69) is 10.8 Å². The van der Waals surface area contributed by atoms with Crippen molar-refractivity contribution >= 4 is 23.5 Å². The number of carbonyl (C=O) groups excluding carboxylic acids is 2. The standard InChI is InChI=1S/C31H36N2O7/c1-37-27-19-23(20-28(38-2)30(27)39-3)18-26(24-13-15-25(34)16-14-24)31(36)32-17-9-5-8-12-29(35)33-40-21-22-10-6-4-7-11-22/h4,6-7,10-11,13-16,18-20,34H,5,8-9,12,17,21H2,1-3H3,(H,32,36)(H,33,35). The lowest BCUT2D eigenvalue weighted by atomic mass is 10.0. The number of ether oxygens (including phenoxy) is 3. The molecule has 0 aliphatic heterocycles. The first-order valence-corrected chi connectivity index (χ1v) is 13.0. The number of phenols is 1. The molecule has 3 aromatic carbocycles. The minimum Gasteiger partial charge on any atom is -0.508 e. The summed E-state index contributed by atoms with van der Waals surface area (Å²) in [6, 6.07) is 19.5. The van der Waals surface area contributed by atoms with Crippen molar-refractivity contribution < 1.29 is 33.7 Å². The van der Waals surface area contributed by atoms with Gasteiger partial charge in [-0.3, -0.25) is 14.4 Å². The number of phenolic OH excluding ortho intramolecular Hbond substituents is 1. The zero-order valence-corrected chi connectivity index (χ0v) is 23.1. The number of hydroxylamine groups is 1. The molecule has 0 fully saturated rings. The summed E-state index contributed by atoms with van der Waals surface area (Å²) in [6.45, 7) is 0.751. The number of amides is 2. The monoisotopic (exact) mass is 548 g/mol. The molecule has 0 atom stereocenters. The molecule has 0 saturated heterocycles. The summed E-state index contributed by atoms with van der Waals surface area (Å²) < 4.78 is 16.3. The van der Waals surface area contributed by atoms with E-state index in [1.165, 1.54) is 33.5 Å². The topological polar surface area (TPSA) is 115 Å². The fourth-order valence-electron chi connectivity index (χ4n) is 3.98. The molecule has 0 unspecified atom stereocenters. The van der Waals surface area contributed by atoms with Crippen LogP contribution in [0.1, 0.15) is 42.4 Å². The molecule has 0 aliphatic carbocycles. The van der Waals surface area contributed by atoms with Gasteiger partial charge in [0.1, 0.15) is 5.75 Å². The number of benzene rings is 3. The van der Waals surface area contributed by atoms with Gasteiger partial charge in [-0.2, -0.15) is 0 Å². The second-order valence-corrected chi connectivity index (χ2v) is 8.93. The minimum absolute atomic E-state index is 0.103. The molecule has 9 heteroatoms. The third kappa shape index (κ3) is 9.06. The smallest absolute Gasteiger partial charge is 0.251 e. The predicted octanol–water partition coefficient (Wildman–Crippen LogP) is 4.88. The largest absolute Gasteiger partial charge is 0.508 e. The van der Waals surface area contributed by atoms with Crippen LogP contribution in [0.5, 0.6) is 23.0 Å². The maximum absolute atomic E-state index is 13.2. The van der Waals surface area contributed by atoms with Gasteiger partial charge < -0.3 is 24.6 Å². The Morgan fingerprint density at radius 2 is 1.52 bits per heavy atom. The molecule has 3 N–H and O–H groups in total. The lowest BCUT2D eigenvalue weighted by Crippen LogP contribution is -2.25. The highest BCUT2D eigenvalue weighted by Crippen LogP contribution is 2.39. The third-order valence-corrected chi connectivity index (χ3v) is 6.05. The van der Waals surface area contributed by atoms with Crippen LogP contribution in [0.2, 0.25) is 0 Å². The molecule has 3 rings (SSSR count). The molecule has 0 bridgehead atoms. The van der Waals surface area contributed by atoms with Gasteiger partial charge in [0.2, 0.25) is 11.7 Å². The summed E-state index contributed by atoms with van der Waals surface area (Å²) in [5.74, 6) is 1.04. The summed E-state index contributed by atoms with van der Waals surface area (Å²) in [5.41, 5.74) is 5.16. The number of rotatable bonds is 15. The first kappa shape index (κ1) is 30.0. The van der Waals surface area contributed by atoms with Crippen molar-refractivity contribution in [1.29, 1.82) is 0 Å². The van der Waals surface area contributed by atoms with Gasteiger partial charge >= 0.3 is 0 Å². The highest BCUT2D eigenvalue weighted by Gasteiger charge is 2.16. The van der Waals surface area contributed by atoms with Crippen LogP contribution >= 0.6 is 0 Å². The quantitative estimate of drug-likeness (QED) is 0.107. The summed E-state index contributed by atoms with van der Waals surface area (Å²) in [7, 11) is 4.58. The van der Waals surface area contributed by atoms with Gasteiger partial charge in [-0.1, -0.05) is 48.9 Å². The van der Waals surface area contributed by atoms with Crippen molar-refractivity contribution in [2.45, 2.75) is 32.3 Å². The molecular weight excluding hydrogens is 512 g/mol. The molecule has 9 nitrogen and oxygen atoms in total. The molecular formula is C31H36N2O7. The number of nitrogens with one attached hydrogen (secondary N) is 2. The fourth-order valence-corrected chi connectivity index (χ4v) is 3.98. The van der Waals surface area contributed by atoms with Crippen LogP contribution in [-0.4, -0.2) is 44.8 Å². The average molecular weight is 549 g/mol. The Bertz CT molecular complexity index is 1250. The highest BCUT2D eigenvalue weighted by molar-refractivity contribution is 6.24. The van der Waals surface area contributed by atoms with E-state index in [-0.39, 0.29) is 17.6 Å². The maximum Gasteiger partial charge on any atom is 0.251 e. The van der Waals surface area contributed by atoms with E-state index in [0.29, 0.717) is 66.4 Å². The van der Waals surface area contributed by atoms with Crippen LogP contribution in [0, 0.1) is 0 Å². The Kier molecular flexibility index (Phi) is 11.9. The summed E-state index contributed by atoms with van der Waals surface area (Å²) in [6.07, 6.45) is 4.20. The Morgan fingerprint density at radius 1 is 0.850 bits per heavy atom. The summed E-state index contributed by atoms with van der Waals surface area (Å²) >= 11 is 0. The number of methoxy groups -OCH3 is 3. The van der Waals surface area contributed by atoms with Crippen LogP contribution in [-0.2, 0) is 21.0 Å². The summed E-state index contributed by atoms with van der Waals surface area (Å²) in [4.78, 5) is 30.5. The van der Waals surface area contributed by atoms with Gasteiger partial charge in [-0.15, -0.1) is 0 Å². The zero-order chi connectivity index (χ0) is 28.7. The normalized spacial score (nSPS) is 11.0. The number of carbonyl (C=O) groups is 2. The third-order valence-electron chi connectivity index (χ3n) is 6.05. The first-order valence-electron chi connectivity index (χ1n) is 13.0. The van der Waals surface area contributed by atoms with Crippen LogP contribution in [0.3, 0.4) is 0 Å². The fraction of sp³-hybridized carbons (Fsp3) is 0.290. The van der Waals surface area contributed by atoms with E-state index in [4.69, 9.17) is 19.0 Å². The van der Waals surface area contributed by atoms with Crippen LogP contribution in [0.25, 0.3) is 11.6 Å². The molecule has 0 heterocycles. The summed E-state index contributed by atoms with van der Waals surface area (Å²) in [5, 5.41) is 12.7. The molecule has 0 saturated carbocycles. The Labute approximate surface area is 234 Å². The van der Waals surface area contributed by atoms with E-state index in [1.807, 2.05) is 30.3 Å². The van der Waals surface area contributed by atoms with Crippen molar-refractivity contribution in [2.24, 2.45) is 0 Å². The van der Waals surface area contributed by atoms with Crippen molar-refractivity contribution in [3.63, 3.8) is 0 Å². The SMILES string of the molecule is COc1cc(C=C(C(=O)NCCCCCC(=O)NOCc2ccccc2)c2ccc(O)cc2)cc(OC)c1OC. The maximum atomic E-state index is 13.2. The van der Waals surface area contributed by atoms with E-state index in [0.717, 1.165) is 12.0 Å². The highest BCUT2D eigenvalue weighted by atomic mass is 16.6. The molecule has 212 valence electrons. The van der Waals surface area contributed by atoms with Crippen LogP contribution in [0.15, 0.2) is 66.7 Å². The Hall–Kier alpha value is -4.50. The van der Waals surface area contributed by atoms with Gasteiger partial charge in [0, 0.05) is 18.5 Å². The van der Waals surface area contributed by atoms with Gasteiger partial charge in [0.25, 0.3) is 5.91 Å². The van der Waals surface area contributed by atoms with E-state index in [1.54, 1.807) is 30.3 Å². The lowest BCUT2D eigenvalue weighted by molar-refractivity contribution is -0.134. The minimum atomic E-state index is -0.272. The van der Waals surface area contributed by atoms with E-state index >= 15 is 0 Å². The molecule has 3 aromatic rings. The molecule has 0 aliphatic rings. The lowest BCUT2D eigenvalue weighted by Gasteiger charge is -2.14. The van der Waals surface area contributed by atoms with E-state index in [9.17, 15) is 14.7 Å². The predicted molar refractivity (Wildman–Crippen MR) is 153 cm³/mol. The number of hydrogen-bond donors (Lipinski definition) is 3. The number of aromatic hydroxyl groups is 1. The Morgan fingerprint density at radius 3 is 2.15 bits per heavy atom. The molecule has 0 radical (unpaired) electrons. The van der Waals surface area contributed by atoms with Gasteiger partial charge in [0.05, 0.1) is 27.9 Å². The average Bonchev–Trinajstić information content (AvgIpc) is 2.98. The number of unbranched alkanes of at least 4 members (excludes halogenated alkanes) is 2. The molecule has 40 heavy (non-hydrogen) atoms. The van der Waals surface area contributed by atoms with Crippen molar-refractivity contribution in [2.75, 3.05) is 27.9 Å². The van der Waals surface area contributed by atoms with E-state index < -0.39 is 0 Å². The zero-order valence-electron chi connectivity index (χ0n) is 23.1. The molecule has 0 spiro atoms. The van der Waals surface area contributed by atoms with Crippen LogP contribution in [0.4, 0.5) is 0 Å². The van der Waals surface area contributed by atoms with Gasteiger partial charge in [-0.25, -0.2) is 5.48 Å². The molecule has 2 amide bonds. The first-order chi connectivity index (χ1) is 19.4. The van der Waals surface area contributed by atoms with Crippen molar-refractivity contribution in [3.8, 4) is 23.0 Å². The Balaban J connectivity index is 1.55. The van der Waals surface area contributed by atoms with Gasteiger partial charge in [0.15, 0.2) is 11.5 Å². The van der Waals surface area contributed by atoms with Crippen molar-refractivity contribution in [3.05, 3.63) is 83.4 Å². The van der Waals surface area contributed by atoms with Crippen LogP contribution < -0.4 is 25.0 Å². The molecule has 0 aromatic heterocycles. The van der Waals surface area contributed by atoms with Gasteiger partial charge in [-0.05, 0) is 59.9 Å². The second-order valence-electron chi connectivity index (χ2n) is 8.93. The van der Waals surface area contributed by atoms with Crippen molar-refractivity contribution in [1.82, 2.24) is 10.8 Å². The number of hydrogen-bond acceptors (Lipinski definition) is 7. The second kappa shape index (κ2) is 15.8.